The fraction of sp³-hybridized carbons (Fsp3) is 0.389. The first-order valence-electron chi connectivity index (χ1n) is 8.35. The minimum atomic E-state index is -3.34. The normalized spacial score (nSPS) is 16.1. The number of rotatable bonds is 6. The van der Waals surface area contributed by atoms with Gasteiger partial charge in [-0.3, -0.25) is 9.69 Å². The summed E-state index contributed by atoms with van der Waals surface area (Å²) in [7, 11) is -3.34. The summed E-state index contributed by atoms with van der Waals surface area (Å²) in [6.45, 7) is 3.83. The highest BCUT2D eigenvalue weighted by atomic mass is 32.2. The molecule has 5 nitrogen and oxygen atoms in total. The third kappa shape index (κ3) is 4.90. The number of thiophene rings is 1. The lowest BCUT2D eigenvalue weighted by molar-refractivity contribution is -0.132. The Morgan fingerprint density at radius 3 is 2.36 bits per heavy atom. The monoisotopic (exact) mass is 378 g/mol. The Bertz CT molecular complexity index is 781. The van der Waals surface area contributed by atoms with E-state index in [0.29, 0.717) is 17.3 Å². The smallest absolute Gasteiger partial charge is 0.223 e. The number of piperazine rings is 1. The van der Waals surface area contributed by atoms with Gasteiger partial charge in [0.05, 0.1) is 5.75 Å². The summed E-state index contributed by atoms with van der Waals surface area (Å²) in [5.74, 6) is -0.184. The fourth-order valence-corrected chi connectivity index (χ4v) is 5.30. The first-order valence-corrected chi connectivity index (χ1v) is 10.9. The number of hydrogen-bond donors (Lipinski definition) is 0. The van der Waals surface area contributed by atoms with Crippen LogP contribution in [0.25, 0.3) is 0 Å². The molecular weight excluding hydrogens is 356 g/mol. The van der Waals surface area contributed by atoms with Gasteiger partial charge in [0.15, 0.2) is 9.84 Å². The van der Waals surface area contributed by atoms with Crippen LogP contribution in [-0.2, 0) is 21.2 Å². The Balaban J connectivity index is 1.45. The molecule has 1 amide bonds. The topological polar surface area (TPSA) is 57.7 Å². The fourth-order valence-electron chi connectivity index (χ4n) is 2.92. The number of amides is 1. The Morgan fingerprint density at radius 1 is 1.00 bits per heavy atom. The van der Waals surface area contributed by atoms with Crippen molar-refractivity contribution in [3.63, 3.8) is 0 Å². The molecule has 0 spiro atoms. The van der Waals surface area contributed by atoms with Gasteiger partial charge in [-0.15, -0.1) is 11.3 Å². The van der Waals surface area contributed by atoms with Gasteiger partial charge < -0.3 is 4.90 Å². The maximum Gasteiger partial charge on any atom is 0.223 e. The molecule has 0 saturated carbocycles. The maximum absolute atomic E-state index is 12.3. The maximum atomic E-state index is 12.3. The van der Waals surface area contributed by atoms with E-state index in [0.717, 1.165) is 19.6 Å². The molecule has 7 heteroatoms. The molecule has 1 aliphatic rings. The van der Waals surface area contributed by atoms with Crippen molar-refractivity contribution in [1.82, 2.24) is 9.80 Å². The quantitative estimate of drug-likeness (QED) is 0.774. The summed E-state index contributed by atoms with van der Waals surface area (Å²) in [5, 5.41) is 1.74. The van der Waals surface area contributed by atoms with Crippen molar-refractivity contribution in [3.05, 3.63) is 53.4 Å². The van der Waals surface area contributed by atoms with Crippen molar-refractivity contribution < 1.29 is 13.2 Å². The molecular formula is C18H22N2O3S2. The van der Waals surface area contributed by atoms with Gasteiger partial charge in [-0.25, -0.2) is 8.42 Å². The van der Waals surface area contributed by atoms with E-state index in [4.69, 9.17) is 0 Å². The van der Waals surface area contributed by atoms with Crippen molar-refractivity contribution in [1.29, 1.82) is 0 Å². The van der Waals surface area contributed by atoms with Crippen molar-refractivity contribution in [2.75, 3.05) is 31.9 Å². The van der Waals surface area contributed by atoms with E-state index in [9.17, 15) is 13.2 Å². The lowest BCUT2D eigenvalue weighted by Gasteiger charge is -2.34. The summed E-state index contributed by atoms with van der Waals surface area (Å²) in [6.07, 6.45) is 0.0545. The van der Waals surface area contributed by atoms with Gasteiger partial charge >= 0.3 is 0 Å². The van der Waals surface area contributed by atoms with Crippen molar-refractivity contribution >= 4 is 27.1 Å². The van der Waals surface area contributed by atoms with E-state index < -0.39 is 9.84 Å². The number of carbonyl (C=O) groups excluding carboxylic acids is 1. The van der Waals surface area contributed by atoms with E-state index >= 15 is 0 Å². The van der Waals surface area contributed by atoms with Crippen LogP contribution in [0, 0.1) is 0 Å². The second kappa shape index (κ2) is 8.12. The molecule has 134 valence electrons. The molecule has 0 unspecified atom stereocenters. The molecule has 1 aliphatic heterocycles. The van der Waals surface area contributed by atoms with Gasteiger partial charge in [-0.2, -0.15) is 0 Å². The average molecular weight is 379 g/mol. The molecule has 1 aromatic heterocycles. The predicted octanol–water partition coefficient (Wildman–Crippen LogP) is 2.26. The highest BCUT2D eigenvalue weighted by Gasteiger charge is 2.23. The second-order valence-corrected chi connectivity index (χ2v) is 9.43. The molecule has 1 fully saturated rings. The molecule has 0 radical (unpaired) electrons. The van der Waals surface area contributed by atoms with Gasteiger partial charge in [-0.05, 0) is 17.0 Å². The van der Waals surface area contributed by atoms with Crippen LogP contribution in [0.1, 0.15) is 12.0 Å². The highest BCUT2D eigenvalue weighted by Crippen LogP contribution is 2.18. The van der Waals surface area contributed by atoms with Crippen LogP contribution in [-0.4, -0.2) is 56.1 Å². The molecule has 0 aliphatic carbocycles. The SMILES string of the molecule is O=C(CCS(=O)(=O)c1cccs1)N1CCN(Cc2ccccc2)CC1. The number of nitrogens with zero attached hydrogens (tertiary/aromatic N) is 2. The van der Waals surface area contributed by atoms with E-state index in [2.05, 4.69) is 17.0 Å². The van der Waals surface area contributed by atoms with Crippen LogP contribution in [0.3, 0.4) is 0 Å². The summed E-state index contributed by atoms with van der Waals surface area (Å²) in [4.78, 5) is 16.4. The van der Waals surface area contributed by atoms with Gasteiger partial charge in [0.1, 0.15) is 4.21 Å². The summed E-state index contributed by atoms with van der Waals surface area (Å²) >= 11 is 1.20. The molecule has 1 saturated heterocycles. The lowest BCUT2D eigenvalue weighted by Crippen LogP contribution is -2.48. The van der Waals surface area contributed by atoms with Crippen molar-refractivity contribution in [3.8, 4) is 0 Å². The zero-order valence-corrected chi connectivity index (χ0v) is 15.6. The third-order valence-electron chi connectivity index (χ3n) is 4.36. The van der Waals surface area contributed by atoms with E-state index in [1.165, 1.54) is 16.9 Å². The molecule has 2 heterocycles. The molecule has 2 aromatic rings. The molecule has 0 bridgehead atoms. The Hall–Kier alpha value is -1.70. The first kappa shape index (κ1) is 18.1. The largest absolute Gasteiger partial charge is 0.340 e. The number of benzene rings is 1. The molecule has 1 aromatic carbocycles. The molecule has 0 atom stereocenters. The first-order chi connectivity index (χ1) is 12.0. The predicted molar refractivity (Wildman–Crippen MR) is 99.3 cm³/mol. The van der Waals surface area contributed by atoms with Crippen LogP contribution in [0.4, 0.5) is 0 Å². The van der Waals surface area contributed by atoms with Crippen LogP contribution in [0.5, 0.6) is 0 Å². The van der Waals surface area contributed by atoms with Gasteiger partial charge in [0.25, 0.3) is 0 Å². The van der Waals surface area contributed by atoms with E-state index in [1.54, 1.807) is 22.4 Å². The third-order valence-corrected chi connectivity index (χ3v) is 7.56. The Kier molecular flexibility index (Phi) is 5.88. The number of carbonyl (C=O) groups is 1. The summed E-state index contributed by atoms with van der Waals surface area (Å²) < 4.78 is 24.7. The standard InChI is InChI=1S/C18H22N2O3S2/c21-17(8-14-25(22,23)18-7-4-13-24-18)20-11-9-19(10-12-20)15-16-5-2-1-3-6-16/h1-7,13H,8-12,14-15H2. The highest BCUT2D eigenvalue weighted by molar-refractivity contribution is 7.93. The van der Waals surface area contributed by atoms with Gasteiger partial charge in [-0.1, -0.05) is 36.4 Å². The number of hydrogen-bond acceptors (Lipinski definition) is 5. The van der Waals surface area contributed by atoms with E-state index in [-0.39, 0.29) is 18.1 Å². The van der Waals surface area contributed by atoms with Crippen molar-refractivity contribution in [2.24, 2.45) is 0 Å². The minimum Gasteiger partial charge on any atom is -0.340 e. The average Bonchev–Trinajstić information content (AvgIpc) is 3.17. The molecule has 0 N–H and O–H groups in total. The Morgan fingerprint density at radius 2 is 1.72 bits per heavy atom. The van der Waals surface area contributed by atoms with Crippen LogP contribution >= 0.6 is 11.3 Å². The zero-order valence-electron chi connectivity index (χ0n) is 14.0. The minimum absolute atomic E-state index is 0.0545. The Labute approximate surface area is 152 Å². The van der Waals surface area contributed by atoms with Crippen LogP contribution in [0.2, 0.25) is 0 Å². The number of sulfone groups is 1. The molecule has 25 heavy (non-hydrogen) atoms. The van der Waals surface area contributed by atoms with Crippen molar-refractivity contribution in [2.45, 2.75) is 17.2 Å². The second-order valence-electron chi connectivity index (χ2n) is 6.14. The van der Waals surface area contributed by atoms with Crippen LogP contribution < -0.4 is 0 Å². The van der Waals surface area contributed by atoms with Gasteiger partial charge in [0, 0.05) is 39.1 Å². The lowest BCUT2D eigenvalue weighted by atomic mass is 10.2. The van der Waals surface area contributed by atoms with Crippen LogP contribution in [0.15, 0.2) is 52.1 Å². The van der Waals surface area contributed by atoms with E-state index in [1.807, 2.05) is 18.2 Å². The van der Waals surface area contributed by atoms with Gasteiger partial charge in [0.2, 0.25) is 5.91 Å². The zero-order chi connectivity index (χ0) is 17.7. The summed E-state index contributed by atoms with van der Waals surface area (Å²) in [5.41, 5.74) is 1.27. The molecule has 3 rings (SSSR count). The summed E-state index contributed by atoms with van der Waals surface area (Å²) in [6, 6.07) is 13.6.